The summed E-state index contributed by atoms with van der Waals surface area (Å²) in [6.45, 7) is 1.05. The van der Waals surface area contributed by atoms with Crippen molar-refractivity contribution >= 4 is 28.5 Å². The number of fused-ring (bicyclic) bond motifs is 1. The zero-order chi connectivity index (χ0) is 23.8. The predicted molar refractivity (Wildman–Crippen MR) is 122 cm³/mol. The number of rotatable bonds is 4. The molecule has 4 heterocycles. The van der Waals surface area contributed by atoms with Crippen LogP contribution < -0.4 is 0 Å². The van der Waals surface area contributed by atoms with Gasteiger partial charge in [0.2, 0.25) is 0 Å². The number of halogens is 1. The molecule has 2 amide bonds. The second kappa shape index (κ2) is 8.54. The number of benzene rings is 1. The number of nitrogens with one attached hydrogen (secondary N) is 1. The number of aromatic nitrogens is 4. The predicted octanol–water partition coefficient (Wildman–Crippen LogP) is 2.27. The second-order valence-corrected chi connectivity index (χ2v) is 8.06. The molecule has 1 N–H and O–H groups in total. The van der Waals surface area contributed by atoms with Crippen LogP contribution in [0.5, 0.6) is 0 Å². The number of hydrogen-bond donors (Lipinski definition) is 1. The van der Waals surface area contributed by atoms with Crippen LogP contribution in [0, 0.1) is 5.82 Å². The minimum Gasteiger partial charge on any atom is -0.359 e. The van der Waals surface area contributed by atoms with Gasteiger partial charge in [-0.1, -0.05) is 18.2 Å². The zero-order valence-corrected chi connectivity index (χ0v) is 18.4. The first-order valence-corrected chi connectivity index (χ1v) is 10.8. The summed E-state index contributed by atoms with van der Waals surface area (Å²) >= 11 is 0. The third kappa shape index (κ3) is 3.72. The van der Waals surface area contributed by atoms with Crippen molar-refractivity contribution < 1.29 is 18.8 Å². The Hall–Kier alpha value is -4.34. The lowest BCUT2D eigenvalue weighted by molar-refractivity contribution is -0.127. The van der Waals surface area contributed by atoms with E-state index in [2.05, 4.69) is 15.1 Å². The van der Waals surface area contributed by atoms with Crippen molar-refractivity contribution in [2.24, 2.45) is 7.05 Å². The van der Waals surface area contributed by atoms with Gasteiger partial charge in [-0.2, -0.15) is 5.10 Å². The molecular formula is C24H21FN6O3. The molecule has 0 unspecified atom stereocenters. The van der Waals surface area contributed by atoms with Crippen LogP contribution in [0.3, 0.4) is 0 Å². The lowest BCUT2D eigenvalue weighted by Gasteiger charge is -2.34. The minimum atomic E-state index is -0.814. The molecule has 1 saturated heterocycles. The van der Waals surface area contributed by atoms with Crippen LogP contribution in [-0.4, -0.2) is 73.3 Å². The van der Waals surface area contributed by atoms with E-state index in [9.17, 15) is 18.8 Å². The molecule has 0 spiro atoms. The van der Waals surface area contributed by atoms with E-state index in [-0.39, 0.29) is 29.9 Å². The van der Waals surface area contributed by atoms with Crippen molar-refractivity contribution in [2.75, 3.05) is 26.2 Å². The van der Waals surface area contributed by atoms with Crippen molar-refractivity contribution in [2.45, 2.75) is 0 Å². The zero-order valence-electron chi connectivity index (χ0n) is 18.4. The molecule has 172 valence electrons. The Morgan fingerprint density at radius 1 is 1.00 bits per heavy atom. The van der Waals surface area contributed by atoms with Crippen LogP contribution in [0.15, 0.2) is 55.0 Å². The molecule has 0 saturated carbocycles. The first-order valence-electron chi connectivity index (χ1n) is 10.8. The van der Waals surface area contributed by atoms with Gasteiger partial charge in [0, 0.05) is 51.2 Å². The summed E-state index contributed by atoms with van der Waals surface area (Å²) in [6.07, 6.45) is 4.08. The third-order valence-electron chi connectivity index (χ3n) is 5.93. The maximum absolute atomic E-state index is 14.7. The number of H-pyrrole nitrogens is 1. The number of Topliss-reactive ketones (excluding diaryl/α,β-unsaturated/α-hetero) is 1. The fraction of sp³-hybridized carbons (Fsp3) is 0.208. The van der Waals surface area contributed by atoms with Gasteiger partial charge < -0.3 is 14.8 Å². The highest BCUT2D eigenvalue weighted by atomic mass is 19.1. The van der Waals surface area contributed by atoms with Crippen LogP contribution in [0.4, 0.5) is 4.39 Å². The fourth-order valence-corrected chi connectivity index (χ4v) is 4.16. The Kier molecular flexibility index (Phi) is 5.40. The van der Waals surface area contributed by atoms with Crippen LogP contribution in [0.2, 0.25) is 0 Å². The summed E-state index contributed by atoms with van der Waals surface area (Å²) in [6, 6.07) is 10.6. The van der Waals surface area contributed by atoms with E-state index in [4.69, 9.17) is 0 Å². The lowest BCUT2D eigenvalue weighted by Crippen LogP contribution is -2.52. The second-order valence-electron chi connectivity index (χ2n) is 8.06. The Morgan fingerprint density at radius 3 is 2.38 bits per heavy atom. The Balaban J connectivity index is 1.35. The van der Waals surface area contributed by atoms with E-state index >= 15 is 0 Å². The highest BCUT2D eigenvalue weighted by Gasteiger charge is 2.31. The molecule has 1 aliphatic rings. The molecule has 0 atom stereocenters. The van der Waals surface area contributed by atoms with Gasteiger partial charge in [0.25, 0.3) is 17.6 Å². The number of aromatic amines is 1. The number of ketones is 1. The summed E-state index contributed by atoms with van der Waals surface area (Å²) in [7, 11) is 1.75. The molecule has 4 aromatic rings. The van der Waals surface area contributed by atoms with Crippen molar-refractivity contribution in [1.29, 1.82) is 0 Å². The largest absolute Gasteiger partial charge is 0.359 e. The van der Waals surface area contributed by atoms with Crippen molar-refractivity contribution in [3.63, 3.8) is 0 Å². The standard InChI is InChI=1S/C24H21FN6O3/c1-29-8-7-18(28-29)20-21-19(17(25)14-27-20)16(13-26-21)22(32)24(34)31-11-9-30(10-12-31)23(33)15-5-3-2-4-6-15/h2-8,13-14,26H,9-12H2,1H3. The number of amides is 2. The van der Waals surface area contributed by atoms with Gasteiger partial charge in [-0.05, 0) is 18.2 Å². The van der Waals surface area contributed by atoms with E-state index in [1.165, 1.54) is 11.1 Å². The third-order valence-corrected chi connectivity index (χ3v) is 5.93. The van der Waals surface area contributed by atoms with Crippen molar-refractivity contribution in [3.05, 3.63) is 71.9 Å². The van der Waals surface area contributed by atoms with E-state index in [1.807, 2.05) is 6.07 Å². The smallest absolute Gasteiger partial charge is 0.295 e. The van der Waals surface area contributed by atoms with Gasteiger partial charge in [-0.15, -0.1) is 0 Å². The fourth-order valence-electron chi connectivity index (χ4n) is 4.16. The average Bonchev–Trinajstić information content (AvgIpc) is 3.51. The number of piperazine rings is 1. The van der Waals surface area contributed by atoms with E-state index in [1.54, 1.807) is 53.2 Å². The molecule has 1 aromatic carbocycles. The molecule has 10 heteroatoms. The molecule has 9 nitrogen and oxygen atoms in total. The summed E-state index contributed by atoms with van der Waals surface area (Å²) in [5.74, 6) is -2.37. The van der Waals surface area contributed by atoms with Crippen molar-refractivity contribution in [3.8, 4) is 11.4 Å². The number of pyridine rings is 1. The molecule has 0 aliphatic carbocycles. The Bertz CT molecular complexity index is 1400. The number of carbonyl (C=O) groups is 3. The highest BCUT2D eigenvalue weighted by molar-refractivity contribution is 6.45. The Labute approximate surface area is 193 Å². The van der Waals surface area contributed by atoms with E-state index < -0.39 is 17.5 Å². The monoisotopic (exact) mass is 460 g/mol. The molecule has 1 aliphatic heterocycles. The Morgan fingerprint density at radius 2 is 1.71 bits per heavy atom. The van der Waals surface area contributed by atoms with Crippen LogP contribution in [-0.2, 0) is 11.8 Å². The van der Waals surface area contributed by atoms with Gasteiger partial charge in [0.05, 0.1) is 22.7 Å². The molecule has 5 rings (SSSR count). The van der Waals surface area contributed by atoms with Gasteiger partial charge >= 0.3 is 0 Å². The summed E-state index contributed by atoms with van der Waals surface area (Å²) < 4.78 is 16.3. The van der Waals surface area contributed by atoms with Crippen LogP contribution in [0.25, 0.3) is 22.3 Å². The molecule has 3 aromatic heterocycles. The lowest BCUT2D eigenvalue weighted by atomic mass is 10.1. The van der Waals surface area contributed by atoms with E-state index in [0.29, 0.717) is 35.6 Å². The van der Waals surface area contributed by atoms with Gasteiger partial charge in [0.15, 0.2) is 5.82 Å². The van der Waals surface area contributed by atoms with Gasteiger partial charge in [-0.25, -0.2) is 9.37 Å². The van der Waals surface area contributed by atoms with Crippen LogP contribution in [0.1, 0.15) is 20.7 Å². The van der Waals surface area contributed by atoms with E-state index in [0.717, 1.165) is 6.20 Å². The number of aryl methyl sites for hydroxylation is 1. The molecule has 34 heavy (non-hydrogen) atoms. The molecule has 1 fully saturated rings. The summed E-state index contributed by atoms with van der Waals surface area (Å²) in [5, 5.41) is 4.29. The number of nitrogens with zero attached hydrogens (tertiary/aromatic N) is 5. The normalized spacial score (nSPS) is 13.9. The first-order chi connectivity index (χ1) is 16.4. The quantitative estimate of drug-likeness (QED) is 0.372. The van der Waals surface area contributed by atoms with Gasteiger partial charge in [0.1, 0.15) is 11.4 Å². The molecular weight excluding hydrogens is 439 g/mol. The minimum absolute atomic E-state index is 0.00638. The first kappa shape index (κ1) is 21.5. The van der Waals surface area contributed by atoms with Crippen LogP contribution >= 0.6 is 0 Å². The summed E-state index contributed by atoms with van der Waals surface area (Å²) in [5.41, 5.74) is 1.72. The molecule has 0 radical (unpaired) electrons. The summed E-state index contributed by atoms with van der Waals surface area (Å²) in [4.78, 5) is 48.7. The SMILES string of the molecule is Cn1ccc(-c2ncc(F)c3c(C(=O)C(=O)N4CCN(C(=O)c5ccccc5)CC4)c[nH]c23)n1. The average molecular weight is 460 g/mol. The maximum atomic E-state index is 14.7. The topological polar surface area (TPSA) is 104 Å². The maximum Gasteiger partial charge on any atom is 0.295 e. The highest BCUT2D eigenvalue weighted by Crippen LogP contribution is 2.29. The van der Waals surface area contributed by atoms with Crippen molar-refractivity contribution in [1.82, 2.24) is 29.5 Å². The van der Waals surface area contributed by atoms with Gasteiger partial charge in [-0.3, -0.25) is 19.1 Å². The molecule has 0 bridgehead atoms. The number of hydrogen-bond acceptors (Lipinski definition) is 5. The number of carbonyl (C=O) groups excluding carboxylic acids is 3.